The zero-order chi connectivity index (χ0) is 13.5. The van der Waals surface area contributed by atoms with Crippen LogP contribution in [-0.4, -0.2) is 14.5 Å². The predicted octanol–water partition coefficient (Wildman–Crippen LogP) is 4.72. The molecule has 0 atom stereocenters. The molecule has 0 N–H and O–H groups in total. The average Bonchev–Trinajstić information content (AvgIpc) is 2.86. The summed E-state index contributed by atoms with van der Waals surface area (Å²) in [6, 6.07) is 23.6. The van der Waals surface area contributed by atoms with Gasteiger partial charge < -0.3 is 0 Å². The van der Waals surface area contributed by atoms with Gasteiger partial charge in [-0.3, -0.25) is 0 Å². The minimum absolute atomic E-state index is 0.362. The van der Waals surface area contributed by atoms with Crippen molar-refractivity contribution in [3.63, 3.8) is 0 Å². The third kappa shape index (κ3) is 1.74. The summed E-state index contributed by atoms with van der Waals surface area (Å²) >= 11 is 0.362. The Morgan fingerprint density at radius 3 is 2.53 bits per heavy atom. The van der Waals surface area contributed by atoms with Crippen LogP contribution in [0.5, 0.6) is 0 Å². The summed E-state index contributed by atoms with van der Waals surface area (Å²) < 4.78 is 10.7. The van der Waals surface area contributed by atoms with Crippen molar-refractivity contribution >= 4 is 33.8 Å². The van der Waals surface area contributed by atoms with Gasteiger partial charge in [-0.05, 0) is 0 Å². The number of fused-ring (bicyclic) bond motifs is 3. The molecule has 90 valence electrons. The molecular weight excluding hydrogens is 295 g/mol. The summed E-state index contributed by atoms with van der Waals surface area (Å²) in [5.41, 5.74) is 2.44. The Labute approximate surface area is 119 Å². The van der Waals surface area contributed by atoms with Gasteiger partial charge in [0.15, 0.2) is 0 Å². The molecule has 19 heavy (non-hydrogen) atoms. The van der Waals surface area contributed by atoms with E-state index in [0.717, 1.165) is 5.56 Å². The van der Waals surface area contributed by atoms with Crippen molar-refractivity contribution in [2.45, 2.75) is 0 Å². The number of hydrogen-bond acceptors (Lipinski definition) is 0. The molecule has 0 bridgehead atoms. The van der Waals surface area contributed by atoms with E-state index >= 15 is 0 Å². The number of hydrogen-bond donors (Lipinski definition) is 0. The molecule has 0 aliphatic rings. The molecule has 4 aromatic rings. The van der Waals surface area contributed by atoms with E-state index in [0.29, 0.717) is 20.5 Å². The molecule has 1 aromatic heterocycles. The molecule has 0 fully saturated rings. The van der Waals surface area contributed by atoms with Crippen molar-refractivity contribution in [1.29, 1.82) is 0 Å². The Morgan fingerprint density at radius 1 is 0.737 bits per heavy atom. The van der Waals surface area contributed by atoms with E-state index in [1.54, 1.807) is 0 Å². The Kier molecular flexibility index (Phi) is 2.31. The van der Waals surface area contributed by atoms with E-state index in [2.05, 4.69) is 48.5 Å². The molecule has 0 unspecified atom stereocenters. The van der Waals surface area contributed by atoms with Gasteiger partial charge in [-0.15, -0.1) is 0 Å². The van der Waals surface area contributed by atoms with Crippen molar-refractivity contribution < 1.29 is 1.37 Å². The first-order valence-electron chi connectivity index (χ1n) is 6.80. The quantitative estimate of drug-likeness (QED) is 0.446. The van der Waals surface area contributed by atoms with Gasteiger partial charge in [0, 0.05) is 0 Å². The minimum atomic E-state index is 0.362. The van der Waals surface area contributed by atoms with Crippen molar-refractivity contribution in [1.82, 2.24) is 0 Å². The topological polar surface area (TPSA) is 0 Å². The standard InChI is InChI=1S/C18H12Se/c1-2-7-13(8-3-1)14-10-6-11-16-15-9-4-5-12-17(15)19-18(14)16/h1-12H/i2D. The molecule has 0 radical (unpaired) electrons. The van der Waals surface area contributed by atoms with Gasteiger partial charge in [0.1, 0.15) is 0 Å². The van der Waals surface area contributed by atoms with Crippen LogP contribution in [0.2, 0.25) is 0 Å². The van der Waals surface area contributed by atoms with Crippen LogP contribution < -0.4 is 0 Å². The van der Waals surface area contributed by atoms with Crippen LogP contribution in [-0.2, 0) is 0 Å². The summed E-state index contributed by atoms with van der Waals surface area (Å²) in [4.78, 5) is 0. The molecule has 0 amide bonds. The summed E-state index contributed by atoms with van der Waals surface area (Å²) in [6.07, 6.45) is 0. The zero-order valence-corrected chi connectivity index (χ0v) is 12.0. The third-order valence-electron chi connectivity index (χ3n) is 3.42. The second kappa shape index (κ2) is 4.38. The Balaban J connectivity index is 2.10. The normalized spacial score (nSPS) is 11.9. The van der Waals surface area contributed by atoms with E-state index in [9.17, 15) is 0 Å². The molecular formula is C18H12Se. The number of benzene rings is 3. The molecule has 0 aliphatic carbocycles. The molecule has 3 aromatic carbocycles. The monoisotopic (exact) mass is 309 g/mol. The van der Waals surface area contributed by atoms with Crippen molar-refractivity contribution in [2.24, 2.45) is 0 Å². The zero-order valence-electron chi connectivity index (χ0n) is 11.3. The maximum atomic E-state index is 7.82. The van der Waals surface area contributed by atoms with Crippen LogP contribution in [0.15, 0.2) is 72.8 Å². The molecule has 0 saturated heterocycles. The first-order chi connectivity index (χ1) is 9.83. The first-order valence-corrected chi connectivity index (χ1v) is 8.01. The van der Waals surface area contributed by atoms with Crippen LogP contribution in [0.4, 0.5) is 0 Å². The van der Waals surface area contributed by atoms with E-state index in [1.807, 2.05) is 18.2 Å². The molecule has 0 saturated carbocycles. The second-order valence-corrected chi connectivity index (χ2v) is 6.78. The maximum absolute atomic E-state index is 7.82. The van der Waals surface area contributed by atoms with E-state index in [1.165, 1.54) is 24.9 Å². The third-order valence-corrected chi connectivity index (χ3v) is 5.98. The number of rotatable bonds is 1. The Morgan fingerprint density at radius 2 is 1.58 bits per heavy atom. The van der Waals surface area contributed by atoms with Crippen LogP contribution in [0.25, 0.3) is 30.4 Å². The SMILES string of the molecule is [2H]c1cccc(-c2cccc3c2[se]c2ccccc23)c1. The van der Waals surface area contributed by atoms with Gasteiger partial charge >= 0.3 is 119 Å². The molecule has 0 spiro atoms. The van der Waals surface area contributed by atoms with Gasteiger partial charge in [0.25, 0.3) is 0 Å². The van der Waals surface area contributed by atoms with Crippen molar-refractivity contribution in [2.75, 3.05) is 0 Å². The summed E-state index contributed by atoms with van der Waals surface area (Å²) in [5.74, 6) is 0. The van der Waals surface area contributed by atoms with Crippen molar-refractivity contribution in [3.05, 3.63) is 72.8 Å². The van der Waals surface area contributed by atoms with E-state index in [4.69, 9.17) is 1.37 Å². The van der Waals surface area contributed by atoms with Gasteiger partial charge in [0.2, 0.25) is 0 Å². The Bertz CT molecular complexity index is 921. The fraction of sp³-hybridized carbons (Fsp3) is 0. The molecule has 1 heteroatoms. The van der Waals surface area contributed by atoms with Gasteiger partial charge in [-0.1, -0.05) is 0 Å². The van der Waals surface area contributed by atoms with Crippen LogP contribution in [0, 0.1) is 0 Å². The molecule has 0 aliphatic heterocycles. The van der Waals surface area contributed by atoms with E-state index < -0.39 is 0 Å². The summed E-state index contributed by atoms with van der Waals surface area (Å²) in [5, 5.41) is 2.75. The fourth-order valence-electron chi connectivity index (χ4n) is 2.54. The second-order valence-electron chi connectivity index (χ2n) is 4.57. The fourth-order valence-corrected chi connectivity index (χ4v) is 5.13. The van der Waals surface area contributed by atoms with Crippen LogP contribution >= 0.6 is 0 Å². The molecule has 4 rings (SSSR count). The van der Waals surface area contributed by atoms with Crippen LogP contribution in [0.1, 0.15) is 1.37 Å². The molecule has 0 nitrogen and oxygen atoms in total. The van der Waals surface area contributed by atoms with Crippen LogP contribution in [0.3, 0.4) is 0 Å². The van der Waals surface area contributed by atoms with Gasteiger partial charge in [0.05, 0.1) is 0 Å². The summed E-state index contributed by atoms with van der Waals surface area (Å²) in [7, 11) is 0. The average molecular weight is 308 g/mol. The van der Waals surface area contributed by atoms with E-state index in [-0.39, 0.29) is 0 Å². The Hall–Kier alpha value is -1.82. The predicted molar refractivity (Wildman–Crippen MR) is 83.8 cm³/mol. The summed E-state index contributed by atoms with van der Waals surface area (Å²) in [6.45, 7) is 0. The van der Waals surface area contributed by atoms with Gasteiger partial charge in [-0.2, -0.15) is 0 Å². The van der Waals surface area contributed by atoms with Crippen molar-refractivity contribution in [3.8, 4) is 11.1 Å². The van der Waals surface area contributed by atoms with Gasteiger partial charge in [-0.25, -0.2) is 0 Å². The first kappa shape index (κ1) is 10.0. The molecule has 1 heterocycles.